The van der Waals surface area contributed by atoms with Crippen molar-refractivity contribution in [1.29, 1.82) is 0 Å². The molecule has 1 aromatic carbocycles. The summed E-state index contributed by atoms with van der Waals surface area (Å²) in [6, 6.07) is 9.42. The Morgan fingerprint density at radius 3 is 2.88 bits per heavy atom. The first kappa shape index (κ1) is 10.5. The molecule has 0 atom stereocenters. The van der Waals surface area contributed by atoms with Crippen molar-refractivity contribution in [2.75, 3.05) is 5.73 Å². The second kappa shape index (κ2) is 3.98. The molecule has 3 aromatic rings. The van der Waals surface area contributed by atoms with Crippen LogP contribution in [0, 0.1) is 0 Å². The number of nitrogens with two attached hydrogens (primary N) is 1. The van der Waals surface area contributed by atoms with E-state index in [0.29, 0.717) is 5.82 Å². The minimum absolute atomic E-state index is 0.493. The van der Waals surface area contributed by atoms with Crippen molar-refractivity contribution in [3.8, 4) is 10.6 Å². The Morgan fingerprint density at radius 2 is 2.12 bits per heavy atom. The normalized spacial score (nSPS) is 10.9. The van der Waals surface area contributed by atoms with Crippen LogP contribution in [0.4, 0.5) is 5.82 Å². The number of anilines is 1. The maximum Gasteiger partial charge on any atom is 0.124 e. The largest absolute Gasteiger partial charge is 0.384 e. The minimum atomic E-state index is 0.493. The van der Waals surface area contributed by atoms with Gasteiger partial charge in [0, 0.05) is 11.8 Å². The lowest BCUT2D eigenvalue weighted by atomic mass is 10.3. The quantitative estimate of drug-likeness (QED) is 0.728. The highest BCUT2D eigenvalue weighted by molar-refractivity contribution is 7.22. The monoisotopic (exact) mass is 261 g/mol. The fourth-order valence-corrected chi connectivity index (χ4v) is 2.87. The van der Waals surface area contributed by atoms with Gasteiger partial charge in [-0.2, -0.15) is 0 Å². The van der Waals surface area contributed by atoms with Crippen LogP contribution < -0.4 is 5.73 Å². The second-order valence-corrected chi connectivity index (χ2v) is 4.98. The highest BCUT2D eigenvalue weighted by Gasteiger charge is 2.08. The highest BCUT2D eigenvalue weighted by Crippen LogP contribution is 2.34. The molecule has 2 heterocycles. The molecule has 2 aromatic heterocycles. The van der Waals surface area contributed by atoms with Crippen molar-refractivity contribution in [3.63, 3.8) is 0 Å². The Kier molecular flexibility index (Phi) is 2.46. The molecule has 0 unspecified atom stereocenters. The SMILES string of the molecule is Nc1cc(-c2nc3cccc(Cl)c3s2)ccn1. The zero-order valence-corrected chi connectivity index (χ0v) is 10.3. The molecule has 3 rings (SSSR count). The Morgan fingerprint density at radius 1 is 1.24 bits per heavy atom. The lowest BCUT2D eigenvalue weighted by Crippen LogP contribution is -1.88. The molecule has 5 heteroatoms. The second-order valence-electron chi connectivity index (χ2n) is 3.58. The number of halogens is 1. The van der Waals surface area contributed by atoms with Crippen molar-refractivity contribution in [1.82, 2.24) is 9.97 Å². The molecule has 0 bridgehead atoms. The van der Waals surface area contributed by atoms with Crippen LogP contribution in [-0.4, -0.2) is 9.97 Å². The maximum atomic E-state index is 6.12. The number of pyridine rings is 1. The van der Waals surface area contributed by atoms with E-state index in [1.54, 1.807) is 17.5 Å². The van der Waals surface area contributed by atoms with Crippen LogP contribution in [0.1, 0.15) is 0 Å². The Balaban J connectivity index is 2.22. The molecule has 0 radical (unpaired) electrons. The fourth-order valence-electron chi connectivity index (χ4n) is 1.62. The van der Waals surface area contributed by atoms with Gasteiger partial charge in [-0.25, -0.2) is 9.97 Å². The molecular formula is C12H8ClN3S. The molecule has 0 aliphatic rings. The van der Waals surface area contributed by atoms with E-state index >= 15 is 0 Å². The summed E-state index contributed by atoms with van der Waals surface area (Å²) >= 11 is 7.68. The van der Waals surface area contributed by atoms with E-state index in [4.69, 9.17) is 17.3 Å². The number of rotatable bonds is 1. The number of nitrogen functional groups attached to an aromatic ring is 1. The summed E-state index contributed by atoms with van der Waals surface area (Å²) in [5, 5.41) is 1.63. The molecule has 0 saturated carbocycles. The number of aromatic nitrogens is 2. The first-order valence-corrected chi connectivity index (χ1v) is 6.20. The maximum absolute atomic E-state index is 6.12. The van der Waals surface area contributed by atoms with Gasteiger partial charge >= 0.3 is 0 Å². The molecule has 3 nitrogen and oxygen atoms in total. The van der Waals surface area contributed by atoms with Gasteiger partial charge in [-0.05, 0) is 24.3 Å². The topological polar surface area (TPSA) is 51.8 Å². The van der Waals surface area contributed by atoms with E-state index in [1.165, 1.54) is 0 Å². The molecule has 0 aliphatic heterocycles. The van der Waals surface area contributed by atoms with Gasteiger partial charge in [-0.15, -0.1) is 11.3 Å². The zero-order chi connectivity index (χ0) is 11.8. The lowest BCUT2D eigenvalue weighted by molar-refractivity contribution is 1.33. The third kappa shape index (κ3) is 1.85. The molecule has 0 spiro atoms. The van der Waals surface area contributed by atoms with Crippen molar-refractivity contribution >= 4 is 39.0 Å². The molecule has 0 fully saturated rings. The van der Waals surface area contributed by atoms with Gasteiger partial charge in [0.05, 0.1) is 15.2 Å². The van der Waals surface area contributed by atoms with Crippen LogP contribution in [0.2, 0.25) is 5.02 Å². The van der Waals surface area contributed by atoms with Crippen LogP contribution in [0.15, 0.2) is 36.5 Å². The standard InChI is InChI=1S/C12H8ClN3S/c13-8-2-1-3-9-11(8)17-12(16-9)7-4-5-15-10(14)6-7/h1-6H,(H2,14,15). The Bertz CT molecular complexity index is 693. The number of fused-ring (bicyclic) bond motifs is 1. The smallest absolute Gasteiger partial charge is 0.124 e. The van der Waals surface area contributed by atoms with E-state index in [2.05, 4.69) is 9.97 Å². The van der Waals surface area contributed by atoms with Gasteiger partial charge in [-0.1, -0.05) is 17.7 Å². The summed E-state index contributed by atoms with van der Waals surface area (Å²) in [5.41, 5.74) is 7.54. The number of hydrogen-bond donors (Lipinski definition) is 1. The predicted molar refractivity (Wildman–Crippen MR) is 72.3 cm³/mol. The van der Waals surface area contributed by atoms with Crippen LogP contribution in [0.5, 0.6) is 0 Å². The van der Waals surface area contributed by atoms with Gasteiger partial charge in [0.15, 0.2) is 0 Å². The molecule has 84 valence electrons. The number of hydrogen-bond acceptors (Lipinski definition) is 4. The van der Waals surface area contributed by atoms with Crippen molar-refractivity contribution in [2.45, 2.75) is 0 Å². The van der Waals surface area contributed by atoms with Crippen molar-refractivity contribution < 1.29 is 0 Å². The number of benzene rings is 1. The first-order chi connectivity index (χ1) is 8.24. The average molecular weight is 262 g/mol. The minimum Gasteiger partial charge on any atom is -0.384 e. The van der Waals surface area contributed by atoms with Gasteiger partial charge in [-0.3, -0.25) is 0 Å². The van der Waals surface area contributed by atoms with Crippen LogP contribution in [-0.2, 0) is 0 Å². The molecule has 0 amide bonds. The fraction of sp³-hybridized carbons (Fsp3) is 0. The summed E-state index contributed by atoms with van der Waals surface area (Å²) in [6.07, 6.45) is 1.68. The number of nitrogens with zero attached hydrogens (tertiary/aromatic N) is 2. The van der Waals surface area contributed by atoms with Crippen LogP contribution >= 0.6 is 22.9 Å². The summed E-state index contributed by atoms with van der Waals surface area (Å²) in [5.74, 6) is 0.493. The molecular weight excluding hydrogens is 254 g/mol. The Labute approximate surface area is 107 Å². The van der Waals surface area contributed by atoms with Gasteiger partial charge < -0.3 is 5.73 Å². The van der Waals surface area contributed by atoms with Gasteiger partial charge in [0.1, 0.15) is 10.8 Å². The van der Waals surface area contributed by atoms with E-state index < -0.39 is 0 Å². The third-order valence-corrected chi connectivity index (χ3v) is 3.98. The summed E-state index contributed by atoms with van der Waals surface area (Å²) in [7, 11) is 0. The lowest BCUT2D eigenvalue weighted by Gasteiger charge is -1.95. The third-order valence-electron chi connectivity index (χ3n) is 2.39. The van der Waals surface area contributed by atoms with E-state index in [0.717, 1.165) is 25.8 Å². The van der Waals surface area contributed by atoms with Crippen LogP contribution in [0.3, 0.4) is 0 Å². The summed E-state index contributed by atoms with van der Waals surface area (Å²) < 4.78 is 1.000. The van der Waals surface area contributed by atoms with E-state index in [1.807, 2.05) is 30.3 Å². The molecule has 17 heavy (non-hydrogen) atoms. The van der Waals surface area contributed by atoms with Crippen molar-refractivity contribution in [3.05, 3.63) is 41.6 Å². The van der Waals surface area contributed by atoms with Gasteiger partial charge in [0.2, 0.25) is 0 Å². The van der Waals surface area contributed by atoms with E-state index in [9.17, 15) is 0 Å². The molecule has 0 aliphatic carbocycles. The zero-order valence-electron chi connectivity index (χ0n) is 8.72. The molecule has 2 N–H and O–H groups in total. The summed E-state index contributed by atoms with van der Waals surface area (Å²) in [6.45, 7) is 0. The average Bonchev–Trinajstić information content (AvgIpc) is 2.74. The highest BCUT2D eigenvalue weighted by atomic mass is 35.5. The van der Waals surface area contributed by atoms with Crippen molar-refractivity contribution in [2.24, 2.45) is 0 Å². The first-order valence-electron chi connectivity index (χ1n) is 5.01. The Hall–Kier alpha value is -1.65. The molecule has 0 saturated heterocycles. The summed E-state index contributed by atoms with van der Waals surface area (Å²) in [4.78, 5) is 8.50. The predicted octanol–water partition coefficient (Wildman–Crippen LogP) is 3.59. The number of thiazole rings is 1. The van der Waals surface area contributed by atoms with Gasteiger partial charge in [0.25, 0.3) is 0 Å². The van der Waals surface area contributed by atoms with Crippen LogP contribution in [0.25, 0.3) is 20.8 Å². The van der Waals surface area contributed by atoms with E-state index in [-0.39, 0.29) is 0 Å².